The zero-order valence-electron chi connectivity index (χ0n) is 16.5. The van der Waals surface area contributed by atoms with E-state index in [2.05, 4.69) is 52.4 Å². The van der Waals surface area contributed by atoms with Gasteiger partial charge in [0.1, 0.15) is 0 Å². The highest BCUT2D eigenvalue weighted by molar-refractivity contribution is 6.95. The van der Waals surface area contributed by atoms with Gasteiger partial charge in [0.05, 0.1) is 25.1 Å². The molecule has 2 rings (SSSR count). The highest BCUT2D eigenvalue weighted by Gasteiger charge is 2.44. The van der Waals surface area contributed by atoms with Gasteiger partial charge < -0.3 is 21.2 Å². The van der Waals surface area contributed by atoms with E-state index in [9.17, 15) is 0 Å². The first-order valence-electron chi connectivity index (χ1n) is 8.49. The molecule has 0 saturated heterocycles. The summed E-state index contributed by atoms with van der Waals surface area (Å²) in [4.78, 5) is 0. The molecule has 0 unspecified atom stereocenters. The third-order valence-electron chi connectivity index (χ3n) is 3.93. The van der Waals surface area contributed by atoms with E-state index in [4.69, 9.17) is 21.2 Å². The monoisotopic (exact) mass is 414 g/mol. The van der Waals surface area contributed by atoms with Crippen molar-refractivity contribution in [2.75, 3.05) is 0 Å². The van der Waals surface area contributed by atoms with E-state index in [1.165, 1.54) is 0 Å². The second-order valence-corrected chi connectivity index (χ2v) is 23.4. The number of hydrogen-bond donors (Lipinski definition) is 0. The van der Waals surface area contributed by atoms with Gasteiger partial charge in [-0.05, 0) is 64.5 Å². The Hall–Kier alpha value is -0.692. The molecule has 0 fully saturated rings. The molecule has 0 aliphatic carbocycles. The smallest absolute Gasteiger partial charge is 0.312 e. The normalized spacial score (nSPS) is 14.1. The van der Waals surface area contributed by atoms with Gasteiger partial charge in [-0.15, -0.1) is 0 Å². The van der Waals surface area contributed by atoms with Crippen LogP contribution in [0.1, 0.15) is 0 Å². The molecule has 0 spiro atoms. The zero-order valence-corrected chi connectivity index (χ0v) is 20.5. The van der Waals surface area contributed by atoms with E-state index in [0.29, 0.717) is 0 Å². The molecule has 0 amide bonds. The summed E-state index contributed by atoms with van der Waals surface area (Å²) in [6.45, 7) is 17.1. The van der Waals surface area contributed by atoms with Crippen LogP contribution < -0.4 is 10.4 Å². The van der Waals surface area contributed by atoms with Crippen molar-refractivity contribution in [2.24, 2.45) is 0 Å². The van der Waals surface area contributed by atoms with Crippen LogP contribution in [0.2, 0.25) is 52.4 Å². The zero-order chi connectivity index (χ0) is 18.9. The van der Waals surface area contributed by atoms with Crippen molar-refractivity contribution in [1.82, 2.24) is 0 Å². The molecular formula is C16H30O5Si4. The van der Waals surface area contributed by atoms with Gasteiger partial charge in [0.25, 0.3) is 0 Å². The SMILES string of the molecule is C[Si](C)(O[Si](C)(C)O[Si](C)(C)c1ccoc1)O[Si](C)(C)c1ccoc1. The number of furan rings is 2. The van der Waals surface area contributed by atoms with Crippen molar-refractivity contribution in [2.45, 2.75) is 52.4 Å². The van der Waals surface area contributed by atoms with Crippen molar-refractivity contribution in [1.29, 1.82) is 0 Å². The molecular weight excluding hydrogens is 385 g/mol. The summed E-state index contributed by atoms with van der Waals surface area (Å²) in [5.74, 6) is 0. The lowest BCUT2D eigenvalue weighted by Crippen LogP contribution is -2.60. The van der Waals surface area contributed by atoms with E-state index in [0.717, 1.165) is 10.4 Å². The van der Waals surface area contributed by atoms with E-state index in [1.807, 2.05) is 12.1 Å². The molecule has 0 saturated carbocycles. The molecule has 2 heterocycles. The third-order valence-corrected chi connectivity index (χ3v) is 19.2. The Balaban J connectivity index is 2.07. The molecule has 0 N–H and O–H groups in total. The summed E-state index contributed by atoms with van der Waals surface area (Å²) in [6, 6.07) is 3.98. The van der Waals surface area contributed by atoms with Gasteiger partial charge in [-0.2, -0.15) is 0 Å². The Bertz CT molecular complexity index is 605. The van der Waals surface area contributed by atoms with Gasteiger partial charge in [0, 0.05) is 10.4 Å². The largest absolute Gasteiger partial charge is 0.473 e. The standard InChI is InChI=1S/C16H30O5Si4/c1-22(2,15-9-11-17-13-15)19-24(5,6)21-25(7,8)20-23(3,4)16-10-12-18-14-16/h9-14H,1-8H3. The molecule has 25 heavy (non-hydrogen) atoms. The third kappa shape index (κ3) is 5.64. The second-order valence-electron chi connectivity index (χ2n) is 8.15. The second kappa shape index (κ2) is 7.14. The molecule has 140 valence electrons. The summed E-state index contributed by atoms with van der Waals surface area (Å²) in [7, 11) is -8.86. The minimum Gasteiger partial charge on any atom is -0.473 e. The minimum atomic E-state index is -2.36. The first-order valence-corrected chi connectivity index (χ1v) is 19.9. The maximum Gasteiger partial charge on any atom is 0.312 e. The Morgan fingerprint density at radius 1 is 0.600 bits per heavy atom. The van der Waals surface area contributed by atoms with Crippen molar-refractivity contribution in [3.05, 3.63) is 37.2 Å². The fraction of sp³-hybridized carbons (Fsp3) is 0.500. The minimum absolute atomic E-state index is 1.14. The van der Waals surface area contributed by atoms with Crippen LogP contribution in [0.25, 0.3) is 0 Å². The van der Waals surface area contributed by atoms with Crippen LogP contribution in [-0.2, 0) is 12.3 Å². The summed E-state index contributed by atoms with van der Waals surface area (Å²) in [5.41, 5.74) is 0. The average molecular weight is 415 g/mol. The summed E-state index contributed by atoms with van der Waals surface area (Å²) < 4.78 is 30.1. The average Bonchev–Trinajstić information content (AvgIpc) is 3.09. The predicted octanol–water partition coefficient (Wildman–Crippen LogP) is 3.85. The number of rotatable bonds is 8. The van der Waals surface area contributed by atoms with Gasteiger partial charge in [-0.25, -0.2) is 0 Å². The van der Waals surface area contributed by atoms with Gasteiger partial charge in [0.2, 0.25) is 16.6 Å². The summed E-state index contributed by atoms with van der Waals surface area (Å²) in [5, 5.41) is 2.29. The van der Waals surface area contributed by atoms with Crippen LogP contribution >= 0.6 is 0 Å². The lowest BCUT2D eigenvalue weighted by Gasteiger charge is -2.40. The summed E-state index contributed by atoms with van der Waals surface area (Å²) >= 11 is 0. The number of hydrogen-bond acceptors (Lipinski definition) is 5. The molecule has 0 aliphatic heterocycles. The summed E-state index contributed by atoms with van der Waals surface area (Å²) in [6.07, 6.45) is 6.96. The van der Waals surface area contributed by atoms with Crippen molar-refractivity contribution < 1.29 is 21.2 Å². The van der Waals surface area contributed by atoms with Crippen LogP contribution in [-0.4, -0.2) is 33.8 Å². The van der Waals surface area contributed by atoms with Crippen LogP contribution in [0.4, 0.5) is 0 Å². The first-order chi connectivity index (χ1) is 11.3. The lowest BCUT2D eigenvalue weighted by molar-refractivity contribution is 0.333. The molecule has 5 nitrogen and oxygen atoms in total. The highest BCUT2D eigenvalue weighted by Crippen LogP contribution is 2.24. The van der Waals surface area contributed by atoms with Crippen molar-refractivity contribution >= 4 is 44.1 Å². The molecule has 0 aromatic carbocycles. The van der Waals surface area contributed by atoms with E-state index >= 15 is 0 Å². The lowest BCUT2D eigenvalue weighted by atomic mass is 10.7. The molecule has 2 aromatic heterocycles. The van der Waals surface area contributed by atoms with Crippen LogP contribution in [0.3, 0.4) is 0 Å². The fourth-order valence-corrected chi connectivity index (χ4v) is 21.4. The maximum atomic E-state index is 6.56. The highest BCUT2D eigenvalue weighted by atomic mass is 28.5. The fourth-order valence-electron chi connectivity index (χ4n) is 3.19. The van der Waals surface area contributed by atoms with E-state index in [1.54, 1.807) is 25.1 Å². The van der Waals surface area contributed by atoms with Gasteiger partial charge in [0.15, 0.2) is 0 Å². The molecule has 2 aromatic rings. The molecule has 0 bridgehead atoms. The van der Waals surface area contributed by atoms with Crippen LogP contribution in [0, 0.1) is 0 Å². The first kappa shape index (κ1) is 20.6. The molecule has 0 radical (unpaired) electrons. The van der Waals surface area contributed by atoms with Gasteiger partial charge in [-0.3, -0.25) is 0 Å². The maximum absolute atomic E-state index is 6.56. The van der Waals surface area contributed by atoms with Gasteiger partial charge >= 0.3 is 17.1 Å². The van der Waals surface area contributed by atoms with Crippen LogP contribution in [0.15, 0.2) is 46.0 Å². The van der Waals surface area contributed by atoms with Crippen molar-refractivity contribution in [3.63, 3.8) is 0 Å². The van der Waals surface area contributed by atoms with Gasteiger partial charge in [-0.1, -0.05) is 0 Å². The van der Waals surface area contributed by atoms with E-state index < -0.39 is 33.8 Å². The molecule has 0 aliphatic rings. The van der Waals surface area contributed by atoms with Crippen molar-refractivity contribution in [3.8, 4) is 0 Å². The Morgan fingerprint density at radius 2 is 0.960 bits per heavy atom. The van der Waals surface area contributed by atoms with Crippen LogP contribution in [0.5, 0.6) is 0 Å². The topological polar surface area (TPSA) is 54.0 Å². The Morgan fingerprint density at radius 3 is 1.24 bits per heavy atom. The predicted molar refractivity (Wildman–Crippen MR) is 110 cm³/mol. The Kier molecular flexibility index (Phi) is 5.89. The Labute approximate surface area is 155 Å². The van der Waals surface area contributed by atoms with E-state index in [-0.39, 0.29) is 0 Å². The molecule has 9 heteroatoms. The quantitative estimate of drug-likeness (QED) is 0.614. The molecule has 0 atom stereocenters.